The van der Waals surface area contributed by atoms with Crippen LogP contribution in [0, 0.1) is 0 Å². The largest absolute Gasteiger partial charge is 0.465 e. The average molecular weight is 444 g/mol. The minimum Gasteiger partial charge on any atom is -0.465 e. The summed E-state index contributed by atoms with van der Waals surface area (Å²) < 4.78 is 23.7. The van der Waals surface area contributed by atoms with Gasteiger partial charge in [-0.1, -0.05) is 25.6 Å². The van der Waals surface area contributed by atoms with E-state index in [0.29, 0.717) is 17.9 Å². The van der Waals surface area contributed by atoms with Crippen molar-refractivity contribution in [3.63, 3.8) is 0 Å². The summed E-state index contributed by atoms with van der Waals surface area (Å²) in [5.41, 5.74) is 0.733. The topological polar surface area (TPSA) is 81.7 Å². The van der Waals surface area contributed by atoms with Gasteiger partial charge in [0.15, 0.2) is 0 Å². The van der Waals surface area contributed by atoms with Crippen LogP contribution in [-0.4, -0.2) is 31.2 Å². The summed E-state index contributed by atoms with van der Waals surface area (Å²) in [6, 6.07) is 6.43. The molecule has 9 heteroatoms. The minimum atomic E-state index is -3.34. The molecule has 0 fully saturated rings. The second-order valence-electron chi connectivity index (χ2n) is 6.20. The van der Waals surface area contributed by atoms with E-state index in [2.05, 4.69) is 11.7 Å². The van der Waals surface area contributed by atoms with Gasteiger partial charge in [0.1, 0.15) is 17.5 Å². The van der Waals surface area contributed by atoms with Crippen LogP contribution in [0.1, 0.15) is 35.5 Å². The van der Waals surface area contributed by atoms with Crippen LogP contribution >= 0.6 is 29.2 Å². The van der Waals surface area contributed by atoms with Crippen molar-refractivity contribution >= 4 is 51.2 Å². The Bertz CT molecular complexity index is 913. The van der Waals surface area contributed by atoms with Crippen molar-refractivity contribution in [3.8, 4) is 0 Å². The van der Waals surface area contributed by atoms with Gasteiger partial charge < -0.3 is 9.47 Å². The first kappa shape index (κ1) is 22.6. The van der Waals surface area contributed by atoms with Crippen LogP contribution in [0.2, 0.25) is 0 Å². The third-order valence-corrected chi connectivity index (χ3v) is 6.98. The summed E-state index contributed by atoms with van der Waals surface area (Å²) in [7, 11) is 0. The second-order valence-corrected chi connectivity index (χ2v) is 10.8. The molecule has 0 aliphatic heterocycles. The van der Waals surface area contributed by atoms with Gasteiger partial charge in [0.25, 0.3) is 0 Å². The highest BCUT2D eigenvalue weighted by molar-refractivity contribution is 7.87. The van der Waals surface area contributed by atoms with Crippen molar-refractivity contribution in [1.29, 1.82) is 0 Å². The van der Waals surface area contributed by atoms with Crippen molar-refractivity contribution in [2.24, 2.45) is 0 Å². The highest BCUT2D eigenvalue weighted by Crippen LogP contribution is 2.51. The number of benzene rings is 1. The molecule has 2 rings (SSSR count). The zero-order chi connectivity index (χ0) is 20.7. The first-order valence-electron chi connectivity index (χ1n) is 8.79. The zero-order valence-corrected chi connectivity index (χ0v) is 18.2. The van der Waals surface area contributed by atoms with Crippen LogP contribution < -0.4 is 5.09 Å². The first-order chi connectivity index (χ1) is 13.3. The molecule has 0 aliphatic carbocycles. The summed E-state index contributed by atoms with van der Waals surface area (Å²) >= 11 is 7.48. The number of hydrogen-bond acceptors (Lipinski definition) is 6. The normalized spacial score (nSPS) is 14.2. The third kappa shape index (κ3) is 6.45. The number of halogens is 1. The second kappa shape index (κ2) is 10.2. The Morgan fingerprint density at radius 3 is 2.79 bits per heavy atom. The lowest BCUT2D eigenvalue weighted by atomic mass is 10.2. The molecule has 0 spiro atoms. The fourth-order valence-corrected chi connectivity index (χ4v) is 5.68. The van der Waals surface area contributed by atoms with Crippen molar-refractivity contribution in [1.82, 2.24) is 5.09 Å². The van der Waals surface area contributed by atoms with Gasteiger partial charge in [0.2, 0.25) is 6.65 Å². The molecule has 0 saturated carbocycles. The third-order valence-electron chi connectivity index (χ3n) is 3.69. The molecule has 0 bridgehead atoms. The molecule has 28 heavy (non-hydrogen) atoms. The lowest BCUT2D eigenvalue weighted by molar-refractivity contribution is -0.145. The highest BCUT2D eigenvalue weighted by Gasteiger charge is 2.26. The molecule has 0 saturated heterocycles. The molecular weight excluding hydrogens is 421 g/mol. The maximum absolute atomic E-state index is 12.7. The summed E-state index contributed by atoms with van der Waals surface area (Å²) in [6.45, 7) is 4.09. The number of ether oxygens (including phenoxy) is 2. The minimum absolute atomic E-state index is 0.0575. The monoisotopic (exact) mass is 443 g/mol. The van der Waals surface area contributed by atoms with Crippen molar-refractivity contribution in [2.45, 2.75) is 32.5 Å². The maximum atomic E-state index is 12.7. The molecule has 1 aromatic heterocycles. The molecule has 2 unspecified atom stereocenters. The van der Waals surface area contributed by atoms with Crippen LogP contribution in [0.5, 0.6) is 0 Å². The van der Waals surface area contributed by atoms with E-state index in [1.54, 1.807) is 19.1 Å². The molecular formula is C19H23ClNO5PS. The number of carbonyl (C=O) groups excluding carboxylic acids is 2. The SMILES string of the molecule is C=CCOC(=O)c1cc2cc(CP(=O)(Cl)NC(C)C(=O)OCCC)ccc2s1. The highest BCUT2D eigenvalue weighted by atomic mass is 35.7. The van der Waals surface area contributed by atoms with Gasteiger partial charge in [-0.3, -0.25) is 9.36 Å². The van der Waals surface area contributed by atoms with Gasteiger partial charge in [-0.05, 0) is 53.7 Å². The van der Waals surface area contributed by atoms with Crippen molar-refractivity contribution in [3.05, 3.63) is 47.4 Å². The Labute approximate surface area is 173 Å². The van der Waals surface area contributed by atoms with E-state index in [9.17, 15) is 14.2 Å². The molecule has 0 radical (unpaired) electrons. The predicted molar refractivity (Wildman–Crippen MR) is 113 cm³/mol. The molecule has 6 nitrogen and oxygen atoms in total. The van der Waals surface area contributed by atoms with E-state index >= 15 is 0 Å². The molecule has 152 valence electrons. The lowest BCUT2D eigenvalue weighted by Crippen LogP contribution is -2.32. The Morgan fingerprint density at radius 1 is 1.36 bits per heavy atom. The molecule has 1 aromatic carbocycles. The van der Waals surface area contributed by atoms with Crippen LogP contribution in [-0.2, 0) is 25.0 Å². The van der Waals surface area contributed by atoms with Crippen LogP contribution in [0.25, 0.3) is 10.1 Å². The van der Waals surface area contributed by atoms with E-state index in [1.165, 1.54) is 17.4 Å². The van der Waals surface area contributed by atoms with Gasteiger partial charge in [0, 0.05) is 4.70 Å². The van der Waals surface area contributed by atoms with Gasteiger partial charge >= 0.3 is 11.9 Å². The summed E-state index contributed by atoms with van der Waals surface area (Å²) in [4.78, 5) is 24.3. The number of rotatable bonds is 10. The zero-order valence-electron chi connectivity index (χ0n) is 15.8. The Kier molecular flexibility index (Phi) is 8.25. The lowest BCUT2D eigenvalue weighted by Gasteiger charge is -2.17. The fraction of sp³-hybridized carbons (Fsp3) is 0.368. The number of carbonyl (C=O) groups is 2. The van der Waals surface area contributed by atoms with Crippen molar-refractivity contribution in [2.75, 3.05) is 13.2 Å². The van der Waals surface area contributed by atoms with E-state index in [0.717, 1.165) is 15.6 Å². The van der Waals surface area contributed by atoms with Crippen molar-refractivity contribution < 1.29 is 23.6 Å². The average Bonchev–Trinajstić information content (AvgIpc) is 3.06. The van der Waals surface area contributed by atoms with Crippen LogP contribution in [0.4, 0.5) is 0 Å². The first-order valence-corrected chi connectivity index (χ1v) is 12.4. The van der Waals surface area contributed by atoms with Gasteiger partial charge in [-0.25, -0.2) is 9.88 Å². The molecule has 1 heterocycles. The Balaban J connectivity index is 2.08. The number of hydrogen-bond donors (Lipinski definition) is 1. The standard InChI is InChI=1S/C19H23ClNO5PS/c1-4-8-25-18(22)13(3)21-27(20,24)12-14-6-7-16-15(10-14)11-17(28-16)19(23)26-9-5-2/h5-7,10-11,13H,2,4,8-9,12H2,1,3H3,(H,21,24). The molecule has 2 atom stereocenters. The molecule has 0 aliphatic rings. The molecule has 1 N–H and O–H groups in total. The van der Waals surface area contributed by atoms with Crippen LogP contribution in [0.3, 0.4) is 0 Å². The van der Waals surface area contributed by atoms with E-state index in [4.69, 9.17) is 20.7 Å². The summed E-state index contributed by atoms with van der Waals surface area (Å²) in [5.74, 6) is -0.898. The number of nitrogens with one attached hydrogen (secondary N) is 1. The number of esters is 2. The van der Waals surface area contributed by atoms with E-state index < -0.39 is 24.6 Å². The molecule has 2 aromatic rings. The summed E-state index contributed by atoms with van der Waals surface area (Å²) in [5, 5.41) is 3.51. The Morgan fingerprint density at radius 2 is 2.11 bits per heavy atom. The predicted octanol–water partition coefficient (Wildman–Crippen LogP) is 5.11. The number of thiophene rings is 1. The van der Waals surface area contributed by atoms with Gasteiger partial charge in [-0.15, -0.1) is 11.3 Å². The van der Waals surface area contributed by atoms with E-state index in [-0.39, 0.29) is 12.8 Å². The summed E-state index contributed by atoms with van der Waals surface area (Å²) in [6.07, 6.45) is 2.27. The van der Waals surface area contributed by atoms with Gasteiger partial charge in [-0.2, -0.15) is 0 Å². The van der Waals surface area contributed by atoms with Gasteiger partial charge in [0.05, 0.1) is 12.8 Å². The van der Waals surface area contributed by atoms with Crippen LogP contribution in [0.15, 0.2) is 36.9 Å². The van der Waals surface area contributed by atoms with E-state index in [1.807, 2.05) is 19.1 Å². The number of fused-ring (bicyclic) bond motifs is 1. The maximum Gasteiger partial charge on any atom is 0.348 e. The molecule has 0 amide bonds. The fourth-order valence-electron chi connectivity index (χ4n) is 2.45. The smallest absolute Gasteiger partial charge is 0.348 e. The Hall–Kier alpha value is -1.66. The quantitative estimate of drug-likeness (QED) is 0.312.